The lowest BCUT2D eigenvalue weighted by Gasteiger charge is -2.22. The lowest BCUT2D eigenvalue weighted by atomic mass is 9.91. The minimum atomic E-state index is -0.572. The minimum absolute atomic E-state index is 0.297. The van der Waals surface area contributed by atoms with Gasteiger partial charge in [-0.2, -0.15) is 0 Å². The highest BCUT2D eigenvalue weighted by molar-refractivity contribution is 5.97. The molecule has 1 saturated carbocycles. The topological polar surface area (TPSA) is 94.3 Å². The quantitative estimate of drug-likeness (QED) is 0.445. The Kier molecular flexibility index (Phi) is 7.10. The van der Waals surface area contributed by atoms with Crippen LogP contribution in [0.3, 0.4) is 0 Å². The third-order valence-corrected chi connectivity index (χ3v) is 6.22. The number of hydrogen-bond donors (Lipinski definition) is 2. The van der Waals surface area contributed by atoms with E-state index in [4.69, 9.17) is 15.5 Å². The average molecular weight is 474 g/mol. The molecule has 0 radical (unpaired) electrons. The summed E-state index contributed by atoms with van der Waals surface area (Å²) >= 11 is 0. The van der Waals surface area contributed by atoms with Gasteiger partial charge in [0, 0.05) is 29.6 Å². The number of aryl methyl sites for hydroxylation is 2. The first kappa shape index (κ1) is 24.7. The molecule has 0 unspecified atom stereocenters. The Morgan fingerprint density at radius 2 is 1.83 bits per heavy atom. The van der Waals surface area contributed by atoms with Crippen LogP contribution in [0, 0.1) is 12.8 Å². The molecule has 0 atom stereocenters. The molecule has 35 heavy (non-hydrogen) atoms. The molecule has 1 heterocycles. The van der Waals surface area contributed by atoms with Crippen LogP contribution in [0.25, 0.3) is 22.0 Å². The second kappa shape index (κ2) is 10.1. The van der Waals surface area contributed by atoms with Crippen molar-refractivity contribution in [3.8, 4) is 11.1 Å². The van der Waals surface area contributed by atoms with Crippen LogP contribution in [0.1, 0.15) is 62.4 Å². The third kappa shape index (κ3) is 6.59. The van der Waals surface area contributed by atoms with Crippen molar-refractivity contribution in [2.24, 2.45) is 11.7 Å². The maximum Gasteiger partial charge on any atom is 0.407 e. The summed E-state index contributed by atoms with van der Waals surface area (Å²) in [5, 5.41) is 3.98. The van der Waals surface area contributed by atoms with Crippen molar-refractivity contribution in [1.82, 2.24) is 10.3 Å². The van der Waals surface area contributed by atoms with E-state index in [0.29, 0.717) is 25.3 Å². The fraction of sp³-hybridized carbons (Fsp3) is 0.414. The molecule has 0 aliphatic heterocycles. The predicted octanol–water partition coefficient (Wildman–Crippen LogP) is 5.61. The molecular weight excluding hydrogens is 438 g/mol. The molecule has 3 N–H and O–H groups in total. The zero-order valence-electron chi connectivity index (χ0n) is 21.1. The molecule has 2 amide bonds. The van der Waals surface area contributed by atoms with Gasteiger partial charge >= 0.3 is 6.09 Å². The molecule has 3 aromatic rings. The number of alkyl carbamates (subject to hydrolysis) is 1. The number of ether oxygens (including phenoxy) is 1. The molecule has 1 aromatic heterocycles. The van der Waals surface area contributed by atoms with Crippen molar-refractivity contribution in [2.45, 2.75) is 71.9 Å². The number of rotatable bonds is 8. The molecule has 184 valence electrons. The Morgan fingerprint density at radius 1 is 1.11 bits per heavy atom. The summed E-state index contributed by atoms with van der Waals surface area (Å²) < 4.78 is 5.50. The Balaban J connectivity index is 1.84. The van der Waals surface area contributed by atoms with Crippen molar-refractivity contribution in [1.29, 1.82) is 0 Å². The van der Waals surface area contributed by atoms with Gasteiger partial charge in [0.2, 0.25) is 5.91 Å². The number of nitrogens with zero attached hydrogens (tertiary/aromatic N) is 1. The van der Waals surface area contributed by atoms with Gasteiger partial charge in [0.1, 0.15) is 5.60 Å². The van der Waals surface area contributed by atoms with Gasteiger partial charge in [0.15, 0.2) is 0 Å². The number of nitrogens with two attached hydrogens (primary N) is 1. The van der Waals surface area contributed by atoms with Gasteiger partial charge in [0.25, 0.3) is 0 Å². The average Bonchev–Trinajstić information content (AvgIpc) is 3.59. The number of carbonyl (C=O) groups is 2. The summed E-state index contributed by atoms with van der Waals surface area (Å²) in [4.78, 5) is 29.0. The second-order valence-electron chi connectivity index (χ2n) is 10.6. The number of aromatic nitrogens is 1. The van der Waals surface area contributed by atoms with E-state index >= 15 is 0 Å². The van der Waals surface area contributed by atoms with Crippen LogP contribution in [0.15, 0.2) is 42.5 Å². The highest BCUT2D eigenvalue weighted by Crippen LogP contribution is 2.38. The fourth-order valence-corrected chi connectivity index (χ4v) is 4.30. The predicted molar refractivity (Wildman–Crippen MR) is 139 cm³/mol. The zero-order chi connectivity index (χ0) is 25.2. The first-order chi connectivity index (χ1) is 16.6. The van der Waals surface area contributed by atoms with Crippen molar-refractivity contribution < 1.29 is 14.3 Å². The van der Waals surface area contributed by atoms with E-state index in [2.05, 4.69) is 42.6 Å². The second-order valence-corrected chi connectivity index (χ2v) is 10.6. The van der Waals surface area contributed by atoms with E-state index in [9.17, 15) is 9.59 Å². The van der Waals surface area contributed by atoms with Crippen LogP contribution >= 0.6 is 0 Å². The van der Waals surface area contributed by atoms with Gasteiger partial charge in [-0.25, -0.2) is 4.79 Å². The van der Waals surface area contributed by atoms with Gasteiger partial charge in [-0.15, -0.1) is 0 Å². The van der Waals surface area contributed by atoms with Crippen molar-refractivity contribution in [2.75, 3.05) is 0 Å². The Labute approximate surface area is 207 Å². The highest BCUT2D eigenvalue weighted by atomic mass is 16.6. The molecule has 1 fully saturated rings. The maximum absolute atomic E-state index is 12.5. The normalized spacial score (nSPS) is 13.6. The summed E-state index contributed by atoms with van der Waals surface area (Å²) in [5.74, 6) is 0.324. The minimum Gasteiger partial charge on any atom is -0.444 e. The van der Waals surface area contributed by atoms with Gasteiger partial charge < -0.3 is 15.8 Å². The molecule has 0 saturated heterocycles. The van der Waals surface area contributed by atoms with E-state index in [1.807, 2.05) is 32.9 Å². The number of primary amides is 1. The Hall–Kier alpha value is -3.41. The van der Waals surface area contributed by atoms with E-state index in [-0.39, 0.29) is 5.91 Å². The molecule has 4 rings (SSSR count). The summed E-state index contributed by atoms with van der Waals surface area (Å²) in [7, 11) is 0. The Bertz CT molecular complexity index is 1240. The van der Waals surface area contributed by atoms with Crippen LogP contribution in [-0.4, -0.2) is 22.6 Å². The largest absolute Gasteiger partial charge is 0.444 e. The monoisotopic (exact) mass is 473 g/mol. The van der Waals surface area contributed by atoms with E-state index in [1.165, 1.54) is 18.4 Å². The zero-order valence-corrected chi connectivity index (χ0v) is 21.1. The highest BCUT2D eigenvalue weighted by Gasteiger charge is 2.26. The number of hydrogen-bond acceptors (Lipinski definition) is 4. The van der Waals surface area contributed by atoms with E-state index in [0.717, 1.165) is 45.3 Å². The van der Waals surface area contributed by atoms with Gasteiger partial charge in [-0.1, -0.05) is 35.9 Å². The lowest BCUT2D eigenvalue weighted by Crippen LogP contribution is -2.32. The van der Waals surface area contributed by atoms with Crippen molar-refractivity contribution in [3.05, 3.63) is 64.8 Å². The summed E-state index contributed by atoms with van der Waals surface area (Å²) in [6.45, 7) is 7.96. The molecule has 6 heteroatoms. The molecule has 0 bridgehead atoms. The van der Waals surface area contributed by atoms with Crippen LogP contribution < -0.4 is 11.1 Å². The molecular formula is C29H35N3O3. The van der Waals surface area contributed by atoms with Crippen LogP contribution in [-0.2, 0) is 28.9 Å². The number of amides is 2. The maximum atomic E-state index is 12.5. The Morgan fingerprint density at radius 3 is 2.46 bits per heavy atom. The van der Waals surface area contributed by atoms with Crippen LogP contribution in [0.2, 0.25) is 0 Å². The van der Waals surface area contributed by atoms with Gasteiger partial charge in [-0.3, -0.25) is 9.78 Å². The first-order valence-corrected chi connectivity index (χ1v) is 12.4. The van der Waals surface area contributed by atoms with Crippen LogP contribution in [0.4, 0.5) is 4.79 Å². The first-order valence-electron chi connectivity index (χ1n) is 12.4. The number of benzene rings is 2. The molecule has 0 spiro atoms. The smallest absolute Gasteiger partial charge is 0.407 e. The summed E-state index contributed by atoms with van der Waals surface area (Å²) in [5.41, 5.74) is 12.1. The lowest BCUT2D eigenvalue weighted by molar-refractivity contribution is -0.118. The van der Waals surface area contributed by atoms with Gasteiger partial charge in [0.05, 0.1) is 5.52 Å². The summed E-state index contributed by atoms with van der Waals surface area (Å²) in [6.07, 6.45) is 3.75. The summed E-state index contributed by atoms with van der Waals surface area (Å²) in [6, 6.07) is 14.6. The van der Waals surface area contributed by atoms with Crippen molar-refractivity contribution >= 4 is 22.9 Å². The van der Waals surface area contributed by atoms with Crippen LogP contribution in [0.5, 0.6) is 0 Å². The molecule has 6 nitrogen and oxygen atoms in total. The SMILES string of the molecule is Cc1ccc(-c2c(CNC(=O)OC(C)(C)C)c(CC3CC3)nc3ccc(CCC(N)=O)cc23)cc1. The number of fused-ring (bicyclic) bond motifs is 1. The van der Waals surface area contributed by atoms with Gasteiger partial charge in [-0.05, 0) is 88.1 Å². The third-order valence-electron chi connectivity index (χ3n) is 6.22. The molecule has 1 aliphatic carbocycles. The molecule has 2 aromatic carbocycles. The number of nitrogens with one attached hydrogen (secondary N) is 1. The standard InChI is InChI=1S/C29H35N3O3/c1-18-5-11-21(12-6-18)27-22-15-19(10-14-26(30)33)9-13-24(22)32-25(16-20-7-8-20)23(27)17-31-28(34)35-29(2,3)4/h5-6,9,11-13,15,20H,7-8,10,14,16-17H2,1-4H3,(H2,30,33)(H,31,34). The number of pyridine rings is 1. The van der Waals surface area contributed by atoms with Crippen molar-refractivity contribution in [3.63, 3.8) is 0 Å². The molecule has 1 aliphatic rings. The van der Waals surface area contributed by atoms with E-state index < -0.39 is 11.7 Å². The van der Waals surface area contributed by atoms with E-state index in [1.54, 1.807) is 0 Å². The number of carbonyl (C=O) groups excluding carboxylic acids is 2. The fourth-order valence-electron chi connectivity index (χ4n) is 4.30.